The number of pyridine rings is 1. The monoisotopic (exact) mass is 495 g/mol. The maximum absolute atomic E-state index is 13.4. The van der Waals surface area contributed by atoms with E-state index in [4.69, 9.17) is 9.47 Å². The number of piperidine rings is 1. The van der Waals surface area contributed by atoms with E-state index in [0.717, 1.165) is 16.5 Å². The van der Waals surface area contributed by atoms with Gasteiger partial charge in [0.1, 0.15) is 18.1 Å². The normalized spacial score (nSPS) is 17.8. The Balaban J connectivity index is 1.23. The molecular formula is C26H29N3O5S. The number of nitrogens with zero attached hydrogens (tertiary/aromatic N) is 2. The number of benzene rings is 2. The van der Waals surface area contributed by atoms with Crippen molar-refractivity contribution in [3.05, 3.63) is 59.8 Å². The molecule has 1 amide bonds. The minimum absolute atomic E-state index is 0.0632. The van der Waals surface area contributed by atoms with E-state index >= 15 is 0 Å². The Hall–Kier alpha value is -3.17. The van der Waals surface area contributed by atoms with Gasteiger partial charge in [0, 0.05) is 30.6 Å². The maximum atomic E-state index is 13.4. The molecule has 184 valence electrons. The number of aromatic nitrogens is 1. The van der Waals surface area contributed by atoms with Gasteiger partial charge in [-0.15, -0.1) is 0 Å². The number of sulfonamides is 1. The molecule has 2 aliphatic heterocycles. The second kappa shape index (κ2) is 9.47. The van der Waals surface area contributed by atoms with Crippen molar-refractivity contribution in [3.63, 3.8) is 0 Å². The number of ether oxygens (including phenoxy) is 2. The Morgan fingerprint density at radius 2 is 1.83 bits per heavy atom. The van der Waals surface area contributed by atoms with Crippen molar-refractivity contribution < 1.29 is 22.7 Å². The zero-order chi connectivity index (χ0) is 24.6. The van der Waals surface area contributed by atoms with E-state index in [1.165, 1.54) is 4.31 Å². The van der Waals surface area contributed by atoms with Crippen LogP contribution in [0.4, 0.5) is 0 Å². The Bertz CT molecular complexity index is 1370. The highest BCUT2D eigenvalue weighted by Crippen LogP contribution is 2.33. The molecule has 35 heavy (non-hydrogen) atoms. The molecule has 3 aromatic rings. The van der Waals surface area contributed by atoms with E-state index in [-0.39, 0.29) is 22.8 Å². The van der Waals surface area contributed by atoms with Gasteiger partial charge in [-0.25, -0.2) is 8.42 Å². The number of nitrogens with one attached hydrogen (secondary N) is 1. The Labute approximate surface area is 205 Å². The highest BCUT2D eigenvalue weighted by Gasteiger charge is 2.33. The first-order valence-corrected chi connectivity index (χ1v) is 13.3. The lowest BCUT2D eigenvalue weighted by Crippen LogP contribution is -2.43. The number of hydrogen-bond acceptors (Lipinski definition) is 6. The van der Waals surface area contributed by atoms with Crippen LogP contribution in [0.15, 0.2) is 53.6 Å². The highest BCUT2D eigenvalue weighted by molar-refractivity contribution is 7.89. The molecule has 0 bridgehead atoms. The summed E-state index contributed by atoms with van der Waals surface area (Å²) in [6, 6.07) is 12.6. The second-order valence-corrected chi connectivity index (χ2v) is 11.1. The summed E-state index contributed by atoms with van der Waals surface area (Å²) < 4.78 is 39.5. The van der Waals surface area contributed by atoms with Gasteiger partial charge < -0.3 is 14.8 Å². The third kappa shape index (κ3) is 4.70. The number of carbonyl (C=O) groups is 1. The summed E-state index contributed by atoms with van der Waals surface area (Å²) in [5.41, 5.74) is 2.39. The van der Waals surface area contributed by atoms with Crippen molar-refractivity contribution in [1.29, 1.82) is 0 Å². The van der Waals surface area contributed by atoms with E-state index in [0.29, 0.717) is 56.2 Å². The number of hydrogen-bond donors (Lipinski definition) is 1. The maximum Gasteiger partial charge on any atom is 0.245 e. The Kier molecular flexibility index (Phi) is 6.37. The quantitative estimate of drug-likeness (QED) is 0.581. The standard InChI is InChI=1S/C26H29N3O5S/c1-17-14-21-4-3-5-24(25(21)27-16-17)35(31,32)29-10-8-19(9-11-29)26(30)28-18(2)20-6-7-22-23(15-20)34-13-12-33-22/h3-7,14-16,18-19H,8-13H2,1-2H3,(H,28,30). The van der Waals surface area contributed by atoms with Crippen LogP contribution in [0.3, 0.4) is 0 Å². The SMILES string of the molecule is Cc1cnc2c(S(=O)(=O)N3CCC(C(=O)NC(C)c4ccc5c(c4)OCCO5)CC3)cccc2c1. The van der Waals surface area contributed by atoms with Crippen LogP contribution in [0.5, 0.6) is 11.5 Å². The number of amides is 1. The van der Waals surface area contributed by atoms with Crippen LogP contribution in [-0.2, 0) is 14.8 Å². The molecule has 2 aliphatic rings. The summed E-state index contributed by atoms with van der Waals surface area (Å²) in [5.74, 6) is 1.09. The Morgan fingerprint density at radius 1 is 1.09 bits per heavy atom. The molecule has 0 spiro atoms. The molecule has 1 aromatic heterocycles. The first-order chi connectivity index (χ1) is 16.8. The molecule has 5 rings (SSSR count). The van der Waals surface area contributed by atoms with Crippen LogP contribution in [0.25, 0.3) is 10.9 Å². The lowest BCUT2D eigenvalue weighted by Gasteiger charge is -2.31. The second-order valence-electron chi connectivity index (χ2n) is 9.15. The van der Waals surface area contributed by atoms with Crippen LogP contribution in [0.1, 0.15) is 36.9 Å². The predicted molar refractivity (Wildman–Crippen MR) is 132 cm³/mol. The van der Waals surface area contributed by atoms with Crippen molar-refractivity contribution in [1.82, 2.24) is 14.6 Å². The van der Waals surface area contributed by atoms with Crippen molar-refractivity contribution >= 4 is 26.8 Å². The Morgan fingerprint density at radius 3 is 2.60 bits per heavy atom. The van der Waals surface area contributed by atoms with Gasteiger partial charge in [0.15, 0.2) is 11.5 Å². The van der Waals surface area contributed by atoms with Crippen molar-refractivity contribution in [2.45, 2.75) is 37.6 Å². The van der Waals surface area contributed by atoms with Gasteiger partial charge in [-0.2, -0.15) is 4.31 Å². The van der Waals surface area contributed by atoms with Gasteiger partial charge >= 0.3 is 0 Å². The molecular weight excluding hydrogens is 466 g/mol. The zero-order valence-corrected chi connectivity index (χ0v) is 20.7. The minimum Gasteiger partial charge on any atom is -0.486 e. The van der Waals surface area contributed by atoms with Crippen LogP contribution in [-0.4, -0.2) is 49.9 Å². The molecule has 1 fully saturated rings. The molecule has 0 saturated carbocycles. The molecule has 1 saturated heterocycles. The van der Waals surface area contributed by atoms with Crippen LogP contribution in [0.2, 0.25) is 0 Å². The fourth-order valence-electron chi connectivity index (χ4n) is 4.69. The molecule has 1 N–H and O–H groups in total. The van der Waals surface area contributed by atoms with Gasteiger partial charge in [-0.05, 0) is 62.1 Å². The fourth-order valence-corrected chi connectivity index (χ4v) is 6.33. The molecule has 9 heteroatoms. The first kappa shape index (κ1) is 23.6. The summed E-state index contributed by atoms with van der Waals surface area (Å²) in [6.07, 6.45) is 2.62. The van der Waals surface area contributed by atoms with Crippen LogP contribution < -0.4 is 14.8 Å². The number of carbonyl (C=O) groups excluding carboxylic acids is 1. The topological polar surface area (TPSA) is 97.8 Å². The van der Waals surface area contributed by atoms with Crippen molar-refractivity contribution in [2.75, 3.05) is 26.3 Å². The molecule has 0 aliphatic carbocycles. The summed E-state index contributed by atoms with van der Waals surface area (Å²) in [4.78, 5) is 17.6. The smallest absolute Gasteiger partial charge is 0.245 e. The number of fused-ring (bicyclic) bond motifs is 2. The number of aryl methyl sites for hydroxylation is 1. The van der Waals surface area contributed by atoms with Gasteiger partial charge in [0.05, 0.1) is 11.6 Å². The molecule has 8 nitrogen and oxygen atoms in total. The van der Waals surface area contributed by atoms with Crippen LogP contribution in [0, 0.1) is 12.8 Å². The van der Waals surface area contributed by atoms with E-state index in [1.54, 1.807) is 18.3 Å². The molecule has 2 aromatic carbocycles. The third-order valence-corrected chi connectivity index (χ3v) is 8.61. The lowest BCUT2D eigenvalue weighted by molar-refractivity contribution is -0.126. The van der Waals surface area contributed by atoms with E-state index in [9.17, 15) is 13.2 Å². The van der Waals surface area contributed by atoms with Gasteiger partial charge in [-0.1, -0.05) is 18.2 Å². The highest BCUT2D eigenvalue weighted by atomic mass is 32.2. The first-order valence-electron chi connectivity index (χ1n) is 11.9. The molecule has 0 radical (unpaired) electrons. The molecule has 1 atom stereocenters. The summed E-state index contributed by atoms with van der Waals surface area (Å²) >= 11 is 0. The van der Waals surface area contributed by atoms with Crippen molar-refractivity contribution in [2.24, 2.45) is 5.92 Å². The van der Waals surface area contributed by atoms with E-state index < -0.39 is 10.0 Å². The lowest BCUT2D eigenvalue weighted by atomic mass is 9.96. The summed E-state index contributed by atoms with van der Waals surface area (Å²) in [6.45, 7) is 5.48. The van der Waals surface area contributed by atoms with E-state index in [2.05, 4.69) is 10.3 Å². The molecule has 3 heterocycles. The van der Waals surface area contributed by atoms with E-state index in [1.807, 2.05) is 44.2 Å². The molecule has 1 unspecified atom stereocenters. The zero-order valence-electron chi connectivity index (χ0n) is 19.9. The predicted octanol–water partition coefficient (Wildman–Crippen LogP) is 3.59. The largest absolute Gasteiger partial charge is 0.486 e. The summed E-state index contributed by atoms with van der Waals surface area (Å²) in [7, 11) is -3.71. The van der Waals surface area contributed by atoms with Crippen molar-refractivity contribution in [3.8, 4) is 11.5 Å². The average Bonchev–Trinajstić information content (AvgIpc) is 2.87. The number of para-hydroxylation sites is 1. The van der Waals surface area contributed by atoms with Crippen LogP contribution >= 0.6 is 0 Å². The third-order valence-electron chi connectivity index (χ3n) is 6.68. The minimum atomic E-state index is -3.71. The summed E-state index contributed by atoms with van der Waals surface area (Å²) in [5, 5.41) is 3.87. The van der Waals surface area contributed by atoms with Gasteiger partial charge in [0.25, 0.3) is 0 Å². The fraction of sp³-hybridized carbons (Fsp3) is 0.385. The number of rotatable bonds is 5. The van der Waals surface area contributed by atoms with Gasteiger partial charge in [-0.3, -0.25) is 9.78 Å². The average molecular weight is 496 g/mol. The van der Waals surface area contributed by atoms with Gasteiger partial charge in [0.2, 0.25) is 15.9 Å².